The predicted octanol–water partition coefficient (Wildman–Crippen LogP) is 3.58. The molecule has 2 aromatic carbocycles. The molecule has 0 amide bonds. The van der Waals surface area contributed by atoms with Crippen LogP contribution >= 0.6 is 0 Å². The lowest BCUT2D eigenvalue weighted by molar-refractivity contribution is 0.0437. The van der Waals surface area contributed by atoms with E-state index in [1.807, 2.05) is 37.3 Å². The van der Waals surface area contributed by atoms with Crippen molar-refractivity contribution in [1.82, 2.24) is 0 Å². The quantitative estimate of drug-likeness (QED) is 0.478. The first-order valence-electron chi connectivity index (χ1n) is 7.89. The number of carbonyl (C=O) groups excluding carboxylic acids is 2. The fraction of sp³-hybridized carbons (Fsp3) is 0.263. The van der Waals surface area contributed by atoms with Gasteiger partial charge in [0.2, 0.25) is 0 Å². The molecule has 0 saturated carbocycles. The minimum Gasteiger partial charge on any atom is -0.462 e. The highest BCUT2D eigenvalue weighted by molar-refractivity contribution is 6.03. The van der Waals surface area contributed by atoms with Crippen LogP contribution in [0.2, 0.25) is 0 Å². The third-order valence-electron chi connectivity index (χ3n) is 3.43. The third-order valence-corrected chi connectivity index (χ3v) is 3.43. The number of nitrogens with two attached hydrogens (primary N) is 1. The zero-order valence-corrected chi connectivity index (χ0v) is 13.7. The van der Waals surface area contributed by atoms with Crippen LogP contribution in [0.4, 0.5) is 5.69 Å². The van der Waals surface area contributed by atoms with E-state index < -0.39 is 11.9 Å². The smallest absolute Gasteiger partial charge is 0.339 e. The number of ether oxygens (including phenoxy) is 2. The summed E-state index contributed by atoms with van der Waals surface area (Å²) in [6, 6.07) is 13.8. The fourth-order valence-corrected chi connectivity index (χ4v) is 2.10. The van der Waals surface area contributed by atoms with Gasteiger partial charge in [-0.1, -0.05) is 43.7 Å². The molecule has 0 saturated heterocycles. The van der Waals surface area contributed by atoms with Crippen LogP contribution in [-0.2, 0) is 16.1 Å². The van der Waals surface area contributed by atoms with Crippen molar-refractivity contribution in [1.29, 1.82) is 0 Å². The van der Waals surface area contributed by atoms with E-state index in [1.165, 1.54) is 12.1 Å². The summed E-state index contributed by atoms with van der Waals surface area (Å²) in [6.45, 7) is 2.44. The molecule has 2 rings (SSSR count). The Bertz CT molecular complexity index is 698. The highest BCUT2D eigenvalue weighted by Gasteiger charge is 2.20. The summed E-state index contributed by atoms with van der Waals surface area (Å²) in [4.78, 5) is 24.5. The van der Waals surface area contributed by atoms with Gasteiger partial charge in [-0.3, -0.25) is 0 Å². The van der Waals surface area contributed by atoms with E-state index in [0.29, 0.717) is 12.3 Å². The maximum atomic E-state index is 12.3. The van der Waals surface area contributed by atoms with Crippen LogP contribution in [0, 0.1) is 0 Å². The van der Waals surface area contributed by atoms with Crippen LogP contribution in [0.25, 0.3) is 0 Å². The van der Waals surface area contributed by atoms with Crippen molar-refractivity contribution in [3.05, 3.63) is 65.2 Å². The molecule has 0 aliphatic rings. The van der Waals surface area contributed by atoms with E-state index in [9.17, 15) is 9.59 Å². The Morgan fingerprint density at radius 2 is 1.67 bits per heavy atom. The number of hydrogen-bond acceptors (Lipinski definition) is 5. The van der Waals surface area contributed by atoms with E-state index >= 15 is 0 Å². The van der Waals surface area contributed by atoms with Gasteiger partial charge in [-0.15, -0.1) is 0 Å². The molecule has 0 unspecified atom stereocenters. The van der Waals surface area contributed by atoms with Crippen molar-refractivity contribution >= 4 is 17.6 Å². The molecule has 24 heavy (non-hydrogen) atoms. The normalized spacial score (nSPS) is 10.2. The van der Waals surface area contributed by atoms with Crippen molar-refractivity contribution in [3.8, 4) is 0 Å². The Kier molecular flexibility index (Phi) is 6.37. The Morgan fingerprint density at radius 1 is 0.958 bits per heavy atom. The molecule has 0 bridgehead atoms. The molecule has 126 valence electrons. The van der Waals surface area contributed by atoms with Gasteiger partial charge in [0.25, 0.3) is 0 Å². The lowest BCUT2D eigenvalue weighted by Crippen LogP contribution is -2.15. The standard InChI is InChI=1S/C19H21NO4/c1-2-3-11-23-18(21)16-10-9-15(20)12-17(16)19(22)24-13-14-7-5-4-6-8-14/h4-10,12H,2-3,11,13,20H2,1H3. The van der Waals surface area contributed by atoms with Crippen molar-refractivity contribution in [3.63, 3.8) is 0 Å². The van der Waals surface area contributed by atoms with Crippen LogP contribution in [0.3, 0.4) is 0 Å². The van der Waals surface area contributed by atoms with Crippen molar-refractivity contribution in [2.24, 2.45) is 0 Å². The number of benzene rings is 2. The van der Waals surface area contributed by atoms with Gasteiger partial charge in [-0.25, -0.2) is 9.59 Å². The summed E-state index contributed by atoms with van der Waals surface area (Å²) in [6.07, 6.45) is 1.69. The topological polar surface area (TPSA) is 78.6 Å². The average molecular weight is 327 g/mol. The highest BCUT2D eigenvalue weighted by atomic mass is 16.5. The Labute approximate surface area is 141 Å². The Hall–Kier alpha value is -2.82. The van der Waals surface area contributed by atoms with Gasteiger partial charge >= 0.3 is 11.9 Å². The largest absolute Gasteiger partial charge is 0.462 e. The molecule has 0 aliphatic carbocycles. The van der Waals surface area contributed by atoms with Crippen LogP contribution in [-0.4, -0.2) is 18.5 Å². The minimum atomic E-state index is -0.603. The van der Waals surface area contributed by atoms with Crippen LogP contribution < -0.4 is 5.73 Å². The molecule has 0 fully saturated rings. The maximum Gasteiger partial charge on any atom is 0.339 e. The first-order chi connectivity index (χ1) is 11.6. The molecule has 0 spiro atoms. The lowest BCUT2D eigenvalue weighted by atomic mass is 10.1. The summed E-state index contributed by atoms with van der Waals surface area (Å²) in [5, 5.41) is 0. The predicted molar refractivity (Wildman–Crippen MR) is 91.6 cm³/mol. The lowest BCUT2D eigenvalue weighted by Gasteiger charge is -2.10. The summed E-state index contributed by atoms with van der Waals surface area (Å²) < 4.78 is 10.5. The van der Waals surface area contributed by atoms with Crippen LogP contribution in [0.1, 0.15) is 46.0 Å². The number of hydrogen-bond donors (Lipinski definition) is 1. The summed E-state index contributed by atoms with van der Waals surface area (Å²) in [5.41, 5.74) is 7.26. The SMILES string of the molecule is CCCCOC(=O)c1ccc(N)cc1C(=O)OCc1ccccc1. The van der Waals surface area contributed by atoms with Crippen molar-refractivity contribution in [2.45, 2.75) is 26.4 Å². The molecule has 0 radical (unpaired) electrons. The molecule has 0 heterocycles. The van der Waals surface area contributed by atoms with Gasteiger partial charge in [0, 0.05) is 5.69 Å². The van der Waals surface area contributed by atoms with E-state index in [1.54, 1.807) is 6.07 Å². The zero-order chi connectivity index (χ0) is 17.4. The fourth-order valence-electron chi connectivity index (χ4n) is 2.10. The van der Waals surface area contributed by atoms with E-state index in [2.05, 4.69) is 0 Å². The van der Waals surface area contributed by atoms with E-state index in [0.717, 1.165) is 18.4 Å². The molecule has 0 aromatic heterocycles. The van der Waals surface area contributed by atoms with Gasteiger partial charge in [-0.05, 0) is 30.2 Å². The number of rotatable bonds is 7. The molecule has 5 heteroatoms. The van der Waals surface area contributed by atoms with Gasteiger partial charge < -0.3 is 15.2 Å². The van der Waals surface area contributed by atoms with Gasteiger partial charge in [0.1, 0.15) is 6.61 Å². The van der Waals surface area contributed by atoms with Crippen LogP contribution in [0.5, 0.6) is 0 Å². The molecule has 2 aromatic rings. The van der Waals surface area contributed by atoms with E-state index in [-0.39, 0.29) is 17.7 Å². The van der Waals surface area contributed by atoms with Crippen molar-refractivity contribution < 1.29 is 19.1 Å². The summed E-state index contributed by atoms with van der Waals surface area (Å²) in [5.74, 6) is -1.15. The monoisotopic (exact) mass is 327 g/mol. The van der Waals surface area contributed by atoms with Gasteiger partial charge in [-0.2, -0.15) is 0 Å². The molecule has 2 N–H and O–H groups in total. The van der Waals surface area contributed by atoms with Gasteiger partial charge in [0.05, 0.1) is 17.7 Å². The Morgan fingerprint density at radius 3 is 2.38 bits per heavy atom. The average Bonchev–Trinajstić information content (AvgIpc) is 2.60. The van der Waals surface area contributed by atoms with Crippen molar-refractivity contribution in [2.75, 3.05) is 12.3 Å². The number of unbranched alkanes of at least 4 members (excludes halogenated alkanes) is 1. The third kappa shape index (κ3) is 4.84. The second kappa shape index (κ2) is 8.72. The molecule has 0 atom stereocenters. The second-order valence-corrected chi connectivity index (χ2v) is 5.36. The summed E-state index contributed by atoms with van der Waals surface area (Å²) in [7, 11) is 0. The Balaban J connectivity index is 2.11. The number of esters is 2. The van der Waals surface area contributed by atoms with Gasteiger partial charge in [0.15, 0.2) is 0 Å². The summed E-state index contributed by atoms with van der Waals surface area (Å²) >= 11 is 0. The highest BCUT2D eigenvalue weighted by Crippen LogP contribution is 2.17. The minimum absolute atomic E-state index is 0.118. The zero-order valence-electron chi connectivity index (χ0n) is 13.7. The molecule has 5 nitrogen and oxygen atoms in total. The van der Waals surface area contributed by atoms with Crippen LogP contribution in [0.15, 0.2) is 48.5 Å². The molecule has 0 aliphatic heterocycles. The first kappa shape index (κ1) is 17.5. The number of anilines is 1. The molecular formula is C19H21NO4. The number of nitrogen functional groups attached to an aromatic ring is 1. The molecular weight excluding hydrogens is 306 g/mol. The number of carbonyl (C=O) groups is 2. The second-order valence-electron chi connectivity index (χ2n) is 5.36. The maximum absolute atomic E-state index is 12.3. The van der Waals surface area contributed by atoms with E-state index in [4.69, 9.17) is 15.2 Å². The first-order valence-corrected chi connectivity index (χ1v) is 7.89.